The van der Waals surface area contributed by atoms with E-state index in [1.54, 1.807) is 26.0 Å². The van der Waals surface area contributed by atoms with Gasteiger partial charge in [0.05, 0.1) is 23.7 Å². The van der Waals surface area contributed by atoms with Crippen LogP contribution in [0.2, 0.25) is 0 Å². The standard InChI is InChI=1S/C8H16O3.C7H8O3S.C6H10O2/c1-3-11-8(10)6-4-5-7(2)9;1-6-2-4-7(5-3-6)11(8,9)10;1-5-3-2-4-6(7)8-5/h7,9H,3-6H2,1-2H3;2-5H,1H3,(H,8,9,10);5H,2-4H2,1H3/t7-;;5-/m0.0/s1. The third-order valence-electron chi connectivity index (χ3n) is 3.95. The maximum Gasteiger partial charge on any atom is 0.306 e. The summed E-state index contributed by atoms with van der Waals surface area (Å²) >= 11 is 0. The van der Waals surface area contributed by atoms with Crippen molar-refractivity contribution in [2.45, 2.75) is 83.3 Å². The molecule has 1 heterocycles. The van der Waals surface area contributed by atoms with E-state index in [2.05, 4.69) is 0 Å². The summed E-state index contributed by atoms with van der Waals surface area (Å²) in [6.45, 7) is 7.70. The van der Waals surface area contributed by atoms with Gasteiger partial charge >= 0.3 is 11.9 Å². The molecule has 0 amide bonds. The second kappa shape index (κ2) is 14.9. The number of carbonyl (C=O) groups is 2. The van der Waals surface area contributed by atoms with E-state index in [1.165, 1.54) is 12.1 Å². The lowest BCUT2D eigenvalue weighted by molar-refractivity contribution is -0.152. The molecule has 0 aliphatic carbocycles. The number of aryl methyl sites for hydroxylation is 1. The van der Waals surface area contributed by atoms with Gasteiger partial charge in [-0.15, -0.1) is 0 Å². The molecule has 0 saturated carbocycles. The van der Waals surface area contributed by atoms with Crippen LogP contribution in [0.4, 0.5) is 0 Å². The van der Waals surface area contributed by atoms with E-state index < -0.39 is 10.1 Å². The van der Waals surface area contributed by atoms with Gasteiger partial charge in [-0.05, 0) is 65.5 Å². The third kappa shape index (κ3) is 14.9. The van der Waals surface area contributed by atoms with Crippen LogP contribution in [0.3, 0.4) is 0 Å². The van der Waals surface area contributed by atoms with Crippen LogP contribution in [0.1, 0.15) is 64.9 Å². The number of carbonyl (C=O) groups excluding carboxylic acids is 2. The average molecular weight is 447 g/mol. The largest absolute Gasteiger partial charge is 0.466 e. The molecule has 1 aromatic rings. The van der Waals surface area contributed by atoms with Crippen LogP contribution in [0.15, 0.2) is 29.2 Å². The summed E-state index contributed by atoms with van der Waals surface area (Å²) < 4.78 is 39.1. The van der Waals surface area contributed by atoms with Gasteiger partial charge in [-0.2, -0.15) is 8.42 Å². The number of cyclic esters (lactones) is 1. The fourth-order valence-electron chi connectivity index (χ4n) is 2.36. The molecule has 2 atom stereocenters. The van der Waals surface area contributed by atoms with Crippen molar-refractivity contribution in [2.24, 2.45) is 0 Å². The highest BCUT2D eigenvalue weighted by Gasteiger charge is 2.14. The molecule has 2 N–H and O–H groups in total. The summed E-state index contributed by atoms with van der Waals surface area (Å²) in [5.41, 5.74) is 0.956. The Hall–Kier alpha value is -1.97. The zero-order valence-corrected chi connectivity index (χ0v) is 19.0. The van der Waals surface area contributed by atoms with Crippen LogP contribution in [0, 0.1) is 6.92 Å². The van der Waals surface area contributed by atoms with E-state index >= 15 is 0 Å². The first-order valence-electron chi connectivity index (χ1n) is 10.0. The van der Waals surface area contributed by atoms with Gasteiger partial charge in [0.15, 0.2) is 0 Å². The molecule has 0 radical (unpaired) electrons. The molecule has 1 aromatic carbocycles. The number of rotatable bonds is 6. The average Bonchev–Trinajstić information content (AvgIpc) is 2.62. The number of hydrogen-bond acceptors (Lipinski definition) is 7. The van der Waals surface area contributed by atoms with Crippen LogP contribution in [-0.4, -0.2) is 48.8 Å². The number of hydrogen-bond donors (Lipinski definition) is 2. The SMILES string of the molecule is CCOC(=O)CCC[C@H](C)O.C[C@H]1CCCC(=O)O1.Cc1ccc(S(=O)(=O)O)cc1. The highest BCUT2D eigenvalue weighted by Crippen LogP contribution is 2.12. The zero-order valence-electron chi connectivity index (χ0n) is 18.2. The highest BCUT2D eigenvalue weighted by atomic mass is 32.2. The summed E-state index contributed by atoms with van der Waals surface area (Å²) in [5, 5.41) is 8.84. The van der Waals surface area contributed by atoms with Crippen LogP contribution in [0.25, 0.3) is 0 Å². The van der Waals surface area contributed by atoms with Crippen molar-refractivity contribution in [1.82, 2.24) is 0 Å². The van der Waals surface area contributed by atoms with Gasteiger partial charge in [-0.25, -0.2) is 0 Å². The lowest BCUT2D eigenvalue weighted by Gasteiger charge is -2.17. The number of aliphatic hydroxyl groups excluding tert-OH is 1. The Morgan fingerprint density at radius 3 is 2.30 bits per heavy atom. The maximum atomic E-state index is 10.7. The predicted octanol–water partition coefficient (Wildman–Crippen LogP) is 3.44. The summed E-state index contributed by atoms with van der Waals surface area (Å²) in [7, 11) is -4.02. The zero-order chi connectivity index (χ0) is 23.2. The number of ether oxygens (including phenoxy) is 2. The maximum absolute atomic E-state index is 10.7. The van der Waals surface area contributed by atoms with Crippen LogP contribution >= 0.6 is 0 Å². The molecule has 0 unspecified atom stereocenters. The van der Waals surface area contributed by atoms with E-state index in [0.29, 0.717) is 32.3 Å². The monoisotopic (exact) mass is 446 g/mol. The first-order valence-corrected chi connectivity index (χ1v) is 11.5. The first-order chi connectivity index (χ1) is 14.0. The Labute approximate surface area is 179 Å². The molecule has 172 valence electrons. The van der Waals surface area contributed by atoms with Crippen LogP contribution < -0.4 is 0 Å². The van der Waals surface area contributed by atoms with Gasteiger partial charge in [0, 0.05) is 12.8 Å². The van der Waals surface area contributed by atoms with Gasteiger partial charge in [0.25, 0.3) is 10.1 Å². The van der Waals surface area contributed by atoms with E-state index in [4.69, 9.17) is 19.1 Å². The molecule has 30 heavy (non-hydrogen) atoms. The lowest BCUT2D eigenvalue weighted by atomic mass is 10.1. The topological polar surface area (TPSA) is 127 Å². The molecule has 1 aliphatic heterocycles. The minimum Gasteiger partial charge on any atom is -0.466 e. The Kier molecular flexibility index (Phi) is 13.9. The lowest BCUT2D eigenvalue weighted by Crippen LogP contribution is -2.19. The number of benzene rings is 1. The van der Waals surface area contributed by atoms with E-state index in [1.807, 2.05) is 13.8 Å². The Balaban J connectivity index is 0.000000426. The Morgan fingerprint density at radius 1 is 1.30 bits per heavy atom. The molecule has 0 aromatic heterocycles. The van der Waals surface area contributed by atoms with Gasteiger partial charge in [0.1, 0.15) is 0 Å². The quantitative estimate of drug-likeness (QED) is 0.502. The van der Waals surface area contributed by atoms with Crippen molar-refractivity contribution >= 4 is 22.1 Å². The minimum atomic E-state index is -4.02. The van der Waals surface area contributed by atoms with Gasteiger partial charge in [0.2, 0.25) is 0 Å². The fraction of sp³-hybridized carbons (Fsp3) is 0.619. The minimum absolute atomic E-state index is 0.0382. The highest BCUT2D eigenvalue weighted by molar-refractivity contribution is 7.85. The summed E-state index contributed by atoms with van der Waals surface area (Å²) in [6, 6.07) is 5.99. The fourth-order valence-corrected chi connectivity index (χ4v) is 2.84. The molecule has 8 nitrogen and oxygen atoms in total. The molecule has 0 bridgehead atoms. The molecule has 2 rings (SSSR count). The molecule has 1 saturated heterocycles. The normalized spacial score (nSPS) is 16.7. The summed E-state index contributed by atoms with van der Waals surface area (Å²) in [5.74, 6) is -0.211. The summed E-state index contributed by atoms with van der Waals surface area (Å²) in [6.07, 6.45) is 4.28. The van der Waals surface area contributed by atoms with Gasteiger partial charge in [-0.1, -0.05) is 17.7 Å². The van der Waals surface area contributed by atoms with Crippen molar-refractivity contribution in [3.63, 3.8) is 0 Å². The Morgan fingerprint density at radius 2 is 1.90 bits per heavy atom. The molecule has 1 aliphatic rings. The van der Waals surface area contributed by atoms with Crippen molar-refractivity contribution in [1.29, 1.82) is 0 Å². The Bertz CT molecular complexity index is 726. The van der Waals surface area contributed by atoms with E-state index in [-0.39, 0.29) is 29.0 Å². The molecular weight excluding hydrogens is 412 g/mol. The van der Waals surface area contributed by atoms with Crippen molar-refractivity contribution in [3.05, 3.63) is 29.8 Å². The summed E-state index contributed by atoms with van der Waals surface area (Å²) in [4.78, 5) is 21.1. The van der Waals surface area contributed by atoms with E-state index in [0.717, 1.165) is 18.4 Å². The van der Waals surface area contributed by atoms with Crippen molar-refractivity contribution in [3.8, 4) is 0 Å². The number of aliphatic hydroxyl groups is 1. The molecular formula is C21H34O8S. The van der Waals surface area contributed by atoms with Crippen molar-refractivity contribution < 1.29 is 37.1 Å². The predicted molar refractivity (Wildman–Crippen MR) is 113 cm³/mol. The van der Waals surface area contributed by atoms with Crippen molar-refractivity contribution in [2.75, 3.05) is 6.61 Å². The second-order valence-electron chi connectivity index (χ2n) is 7.03. The van der Waals surface area contributed by atoms with E-state index in [9.17, 15) is 18.0 Å². The third-order valence-corrected chi connectivity index (χ3v) is 4.82. The number of esters is 2. The second-order valence-corrected chi connectivity index (χ2v) is 8.45. The first kappa shape index (κ1) is 28.0. The van der Waals surface area contributed by atoms with Crippen LogP contribution in [-0.2, 0) is 29.2 Å². The molecule has 0 spiro atoms. The smallest absolute Gasteiger partial charge is 0.306 e. The molecule has 9 heteroatoms. The van der Waals surface area contributed by atoms with Gasteiger partial charge < -0.3 is 14.6 Å². The van der Waals surface area contributed by atoms with Gasteiger partial charge in [-0.3, -0.25) is 14.1 Å². The molecule has 1 fully saturated rings. The van der Waals surface area contributed by atoms with Crippen LogP contribution in [0.5, 0.6) is 0 Å².